The molecule has 26 heavy (non-hydrogen) atoms. The number of aryl methyl sites for hydroxylation is 1. The van der Waals surface area contributed by atoms with Gasteiger partial charge in [0.15, 0.2) is 0 Å². The van der Waals surface area contributed by atoms with Gasteiger partial charge in [0, 0.05) is 24.5 Å². The number of nitrogens with one attached hydrogen (secondary N) is 1. The molecule has 0 radical (unpaired) electrons. The van der Waals surface area contributed by atoms with Crippen molar-refractivity contribution in [2.24, 2.45) is 0 Å². The van der Waals surface area contributed by atoms with Gasteiger partial charge in [0.2, 0.25) is 0 Å². The number of carbonyl (C=O) groups excluding carboxylic acids is 1. The molecular formula is C21H23N3O2. The van der Waals surface area contributed by atoms with E-state index in [0.29, 0.717) is 23.6 Å². The van der Waals surface area contributed by atoms with Crippen LogP contribution in [0.4, 0.5) is 5.69 Å². The van der Waals surface area contributed by atoms with E-state index < -0.39 is 0 Å². The van der Waals surface area contributed by atoms with Crippen LogP contribution in [0.3, 0.4) is 0 Å². The van der Waals surface area contributed by atoms with Crippen molar-refractivity contribution in [1.29, 1.82) is 0 Å². The van der Waals surface area contributed by atoms with E-state index in [4.69, 9.17) is 4.74 Å². The third-order valence-electron chi connectivity index (χ3n) is 4.05. The van der Waals surface area contributed by atoms with Crippen LogP contribution in [0.1, 0.15) is 29.6 Å². The van der Waals surface area contributed by atoms with Crippen molar-refractivity contribution in [1.82, 2.24) is 9.55 Å². The lowest BCUT2D eigenvalue weighted by Gasteiger charge is -2.12. The third-order valence-corrected chi connectivity index (χ3v) is 4.05. The minimum atomic E-state index is -0.137. The van der Waals surface area contributed by atoms with E-state index in [2.05, 4.69) is 14.9 Å². The lowest BCUT2D eigenvalue weighted by Crippen LogP contribution is -2.13. The van der Waals surface area contributed by atoms with E-state index >= 15 is 0 Å². The molecule has 134 valence electrons. The van der Waals surface area contributed by atoms with Crippen LogP contribution in [-0.2, 0) is 6.54 Å². The third kappa shape index (κ3) is 5.21. The number of amides is 1. The Morgan fingerprint density at radius 2 is 1.81 bits per heavy atom. The quantitative estimate of drug-likeness (QED) is 0.583. The van der Waals surface area contributed by atoms with Crippen LogP contribution < -0.4 is 10.1 Å². The zero-order valence-corrected chi connectivity index (χ0v) is 14.7. The summed E-state index contributed by atoms with van der Waals surface area (Å²) in [5.74, 6) is 0.563. The largest absolute Gasteiger partial charge is 0.491 e. The lowest BCUT2D eigenvalue weighted by atomic mass is 10.2. The smallest absolute Gasteiger partial charge is 0.255 e. The van der Waals surface area contributed by atoms with Gasteiger partial charge in [-0.25, -0.2) is 4.98 Å². The number of unbranched alkanes of at least 4 members (excludes halogenated alkanes) is 2. The maximum absolute atomic E-state index is 12.3. The number of rotatable bonds is 9. The Hall–Kier alpha value is -3.08. The number of imidazole rings is 1. The summed E-state index contributed by atoms with van der Waals surface area (Å²) >= 11 is 0. The highest BCUT2D eigenvalue weighted by Gasteiger charge is 2.09. The van der Waals surface area contributed by atoms with E-state index in [9.17, 15) is 4.79 Å². The summed E-state index contributed by atoms with van der Waals surface area (Å²) in [6.45, 7) is 1.60. The van der Waals surface area contributed by atoms with Crippen LogP contribution in [0.5, 0.6) is 5.75 Å². The van der Waals surface area contributed by atoms with Crippen LogP contribution in [-0.4, -0.2) is 22.1 Å². The number of para-hydroxylation sites is 2. The number of ether oxygens (including phenoxy) is 1. The second-order valence-corrected chi connectivity index (χ2v) is 6.03. The van der Waals surface area contributed by atoms with Crippen LogP contribution in [0.15, 0.2) is 73.3 Å². The maximum Gasteiger partial charge on any atom is 0.255 e. The number of anilines is 1. The molecule has 0 spiro atoms. The summed E-state index contributed by atoms with van der Waals surface area (Å²) in [4.78, 5) is 16.4. The first-order chi connectivity index (χ1) is 12.8. The normalized spacial score (nSPS) is 10.5. The van der Waals surface area contributed by atoms with Crippen molar-refractivity contribution in [2.75, 3.05) is 11.9 Å². The number of benzene rings is 2. The van der Waals surface area contributed by atoms with Crippen molar-refractivity contribution in [3.05, 3.63) is 78.9 Å². The second-order valence-electron chi connectivity index (χ2n) is 6.03. The fourth-order valence-electron chi connectivity index (χ4n) is 2.65. The Morgan fingerprint density at radius 3 is 2.62 bits per heavy atom. The molecule has 3 aromatic rings. The van der Waals surface area contributed by atoms with Gasteiger partial charge in [0.25, 0.3) is 5.91 Å². The first kappa shape index (κ1) is 17.7. The van der Waals surface area contributed by atoms with Crippen LogP contribution >= 0.6 is 0 Å². The van der Waals surface area contributed by atoms with Crippen LogP contribution in [0.25, 0.3) is 0 Å². The predicted octanol–water partition coefficient (Wildman–Crippen LogP) is 4.38. The zero-order valence-electron chi connectivity index (χ0n) is 14.7. The van der Waals surface area contributed by atoms with E-state index in [1.165, 1.54) is 0 Å². The fraction of sp³-hybridized carbons (Fsp3) is 0.238. The molecule has 1 N–H and O–H groups in total. The lowest BCUT2D eigenvalue weighted by molar-refractivity contribution is 0.102. The van der Waals surface area contributed by atoms with E-state index in [1.807, 2.05) is 55.0 Å². The molecule has 0 saturated heterocycles. The molecule has 5 nitrogen and oxygen atoms in total. The number of nitrogens with zero attached hydrogens (tertiary/aromatic N) is 2. The number of carbonyl (C=O) groups is 1. The maximum atomic E-state index is 12.3. The molecule has 0 bridgehead atoms. The zero-order chi connectivity index (χ0) is 18.0. The van der Waals surface area contributed by atoms with Crippen molar-refractivity contribution < 1.29 is 9.53 Å². The molecule has 0 aliphatic heterocycles. The molecule has 0 unspecified atom stereocenters. The first-order valence-corrected chi connectivity index (χ1v) is 8.87. The minimum absolute atomic E-state index is 0.137. The summed E-state index contributed by atoms with van der Waals surface area (Å²) in [5, 5.41) is 2.92. The summed E-state index contributed by atoms with van der Waals surface area (Å²) in [6.07, 6.45) is 8.74. The van der Waals surface area contributed by atoms with Gasteiger partial charge in [0.1, 0.15) is 5.75 Å². The summed E-state index contributed by atoms with van der Waals surface area (Å²) < 4.78 is 7.96. The van der Waals surface area contributed by atoms with Crippen molar-refractivity contribution in [3.8, 4) is 5.75 Å². The highest BCUT2D eigenvalue weighted by atomic mass is 16.5. The molecule has 3 rings (SSSR count). The van der Waals surface area contributed by atoms with Gasteiger partial charge >= 0.3 is 0 Å². The summed E-state index contributed by atoms with van der Waals surface area (Å²) in [5.41, 5.74) is 1.32. The number of aromatic nitrogens is 2. The van der Waals surface area contributed by atoms with E-state index in [1.54, 1.807) is 18.3 Å². The Balaban J connectivity index is 1.45. The van der Waals surface area contributed by atoms with Gasteiger partial charge in [-0.1, -0.05) is 30.3 Å². The molecule has 5 heteroatoms. The highest BCUT2D eigenvalue weighted by Crippen LogP contribution is 2.24. The Bertz CT molecular complexity index is 801. The standard InChI is InChI=1S/C21H23N3O2/c25-21(18-9-3-1-4-10-18)23-19-11-5-6-12-20(19)26-16-8-2-7-14-24-15-13-22-17-24/h1,3-6,9-13,15,17H,2,7-8,14,16H2,(H,23,25). The molecule has 0 atom stereocenters. The van der Waals surface area contributed by atoms with E-state index in [0.717, 1.165) is 25.8 Å². The summed E-state index contributed by atoms with van der Waals surface area (Å²) in [6, 6.07) is 16.7. The van der Waals surface area contributed by atoms with Crippen LogP contribution in [0, 0.1) is 0 Å². The molecule has 0 aliphatic rings. The molecule has 0 saturated carbocycles. The van der Waals surface area contributed by atoms with Gasteiger partial charge in [-0.3, -0.25) is 4.79 Å². The average molecular weight is 349 g/mol. The molecular weight excluding hydrogens is 326 g/mol. The first-order valence-electron chi connectivity index (χ1n) is 8.87. The van der Waals surface area contributed by atoms with Gasteiger partial charge < -0.3 is 14.6 Å². The van der Waals surface area contributed by atoms with Crippen molar-refractivity contribution >= 4 is 11.6 Å². The SMILES string of the molecule is O=C(Nc1ccccc1OCCCCCn1ccnc1)c1ccccc1. The molecule has 1 aromatic heterocycles. The highest BCUT2D eigenvalue weighted by molar-refractivity contribution is 6.04. The fourth-order valence-corrected chi connectivity index (χ4v) is 2.65. The predicted molar refractivity (Wildman–Crippen MR) is 102 cm³/mol. The Morgan fingerprint density at radius 1 is 1.00 bits per heavy atom. The van der Waals surface area contributed by atoms with Crippen LogP contribution in [0.2, 0.25) is 0 Å². The monoisotopic (exact) mass is 349 g/mol. The van der Waals surface area contributed by atoms with Gasteiger partial charge in [-0.05, 0) is 43.5 Å². The van der Waals surface area contributed by atoms with Gasteiger partial charge in [0.05, 0.1) is 18.6 Å². The molecule has 0 aliphatic carbocycles. The summed E-state index contributed by atoms with van der Waals surface area (Å²) in [7, 11) is 0. The van der Waals surface area contributed by atoms with Crippen molar-refractivity contribution in [2.45, 2.75) is 25.8 Å². The van der Waals surface area contributed by atoms with Crippen molar-refractivity contribution in [3.63, 3.8) is 0 Å². The molecule has 0 fully saturated rings. The van der Waals surface area contributed by atoms with E-state index in [-0.39, 0.29) is 5.91 Å². The molecule has 2 aromatic carbocycles. The average Bonchev–Trinajstić information content (AvgIpc) is 3.20. The Kier molecular flexibility index (Phi) is 6.42. The Labute approximate surface area is 153 Å². The number of hydrogen-bond acceptors (Lipinski definition) is 3. The van der Waals surface area contributed by atoms with Gasteiger partial charge in [-0.2, -0.15) is 0 Å². The number of hydrogen-bond donors (Lipinski definition) is 1. The molecule has 1 amide bonds. The minimum Gasteiger partial charge on any atom is -0.491 e. The topological polar surface area (TPSA) is 56.1 Å². The molecule has 1 heterocycles. The second kappa shape index (κ2) is 9.42. The van der Waals surface area contributed by atoms with Gasteiger partial charge in [-0.15, -0.1) is 0 Å².